The maximum absolute atomic E-state index is 5.34. The largest absolute Gasteiger partial charge is 0.381 e. The van der Waals surface area contributed by atoms with Crippen LogP contribution in [0, 0.1) is 0 Å². The van der Waals surface area contributed by atoms with Crippen molar-refractivity contribution in [2.75, 3.05) is 7.11 Å². The number of ether oxygens (including phenoxy) is 1. The minimum absolute atomic E-state index is 0.506. The number of hydrogen-bond acceptors (Lipinski definition) is 2. The third-order valence-electron chi connectivity index (χ3n) is 2.96. The van der Waals surface area contributed by atoms with Gasteiger partial charge in [-0.05, 0) is 32.6 Å². The van der Waals surface area contributed by atoms with Crippen LogP contribution in [-0.2, 0) is 4.74 Å². The van der Waals surface area contributed by atoms with E-state index in [0.717, 1.165) is 0 Å². The van der Waals surface area contributed by atoms with E-state index in [0.29, 0.717) is 18.2 Å². The monoisotopic (exact) mass is 185 g/mol. The van der Waals surface area contributed by atoms with E-state index in [9.17, 15) is 0 Å². The molecule has 1 N–H and O–H groups in total. The molecule has 1 aliphatic carbocycles. The average molecular weight is 185 g/mol. The highest BCUT2D eigenvalue weighted by atomic mass is 16.5. The van der Waals surface area contributed by atoms with Gasteiger partial charge in [0.1, 0.15) is 0 Å². The van der Waals surface area contributed by atoms with Gasteiger partial charge in [0.2, 0.25) is 0 Å². The van der Waals surface area contributed by atoms with Crippen molar-refractivity contribution in [3.63, 3.8) is 0 Å². The molecule has 1 fully saturated rings. The molecule has 0 heterocycles. The van der Waals surface area contributed by atoms with Gasteiger partial charge in [-0.2, -0.15) is 0 Å². The summed E-state index contributed by atoms with van der Waals surface area (Å²) in [4.78, 5) is 0. The molecule has 1 aliphatic rings. The average Bonchev–Trinajstić information content (AvgIpc) is 2.52. The molecule has 2 heteroatoms. The molecule has 0 radical (unpaired) electrons. The van der Waals surface area contributed by atoms with E-state index >= 15 is 0 Å². The molecule has 3 unspecified atom stereocenters. The summed E-state index contributed by atoms with van der Waals surface area (Å²) in [5.74, 6) is 0. The van der Waals surface area contributed by atoms with Gasteiger partial charge in [-0.15, -0.1) is 0 Å². The summed E-state index contributed by atoms with van der Waals surface area (Å²) in [6.07, 6.45) is 6.78. The van der Waals surface area contributed by atoms with E-state index in [-0.39, 0.29) is 0 Å². The van der Waals surface area contributed by atoms with Crippen LogP contribution in [-0.4, -0.2) is 25.3 Å². The van der Waals surface area contributed by atoms with Crippen LogP contribution in [0.2, 0.25) is 0 Å². The highest BCUT2D eigenvalue weighted by Gasteiger charge is 2.24. The molecule has 0 aromatic rings. The highest BCUT2D eigenvalue weighted by molar-refractivity contribution is 4.82. The molecule has 2 nitrogen and oxygen atoms in total. The first-order valence-corrected chi connectivity index (χ1v) is 5.55. The lowest BCUT2D eigenvalue weighted by atomic mass is 10.1. The Morgan fingerprint density at radius 1 is 1.46 bits per heavy atom. The highest BCUT2D eigenvalue weighted by Crippen LogP contribution is 2.22. The second-order valence-corrected chi connectivity index (χ2v) is 4.22. The number of nitrogens with one attached hydrogen (secondary N) is 1. The van der Waals surface area contributed by atoms with Crippen molar-refractivity contribution >= 4 is 0 Å². The molecule has 1 saturated carbocycles. The number of methoxy groups -OCH3 is 1. The number of rotatable bonds is 5. The van der Waals surface area contributed by atoms with Crippen molar-refractivity contribution in [1.29, 1.82) is 0 Å². The molecule has 0 aliphatic heterocycles. The van der Waals surface area contributed by atoms with Crippen molar-refractivity contribution in [3.05, 3.63) is 0 Å². The van der Waals surface area contributed by atoms with Gasteiger partial charge < -0.3 is 10.1 Å². The zero-order chi connectivity index (χ0) is 9.68. The Hall–Kier alpha value is -0.0800. The summed E-state index contributed by atoms with van der Waals surface area (Å²) in [7, 11) is 1.82. The maximum Gasteiger partial charge on any atom is 0.0586 e. The van der Waals surface area contributed by atoms with E-state index in [1.54, 1.807) is 0 Å². The molecule has 0 bridgehead atoms. The first-order valence-electron chi connectivity index (χ1n) is 5.55. The van der Waals surface area contributed by atoms with E-state index < -0.39 is 0 Å². The summed E-state index contributed by atoms with van der Waals surface area (Å²) in [6.45, 7) is 4.52. The topological polar surface area (TPSA) is 21.3 Å². The molecule has 3 atom stereocenters. The zero-order valence-electron chi connectivity index (χ0n) is 9.18. The Labute approximate surface area is 82.0 Å². The van der Waals surface area contributed by atoms with Crippen molar-refractivity contribution in [3.8, 4) is 0 Å². The maximum atomic E-state index is 5.34. The number of hydrogen-bond donors (Lipinski definition) is 1. The van der Waals surface area contributed by atoms with Crippen LogP contribution in [0.3, 0.4) is 0 Å². The normalized spacial score (nSPS) is 30.7. The van der Waals surface area contributed by atoms with E-state index in [4.69, 9.17) is 4.74 Å². The van der Waals surface area contributed by atoms with Gasteiger partial charge in [0.15, 0.2) is 0 Å². The Bertz CT molecular complexity index is 138. The van der Waals surface area contributed by atoms with Crippen LogP contribution >= 0.6 is 0 Å². The third kappa shape index (κ3) is 3.65. The minimum Gasteiger partial charge on any atom is -0.381 e. The van der Waals surface area contributed by atoms with Gasteiger partial charge in [0.05, 0.1) is 6.10 Å². The SMILES string of the molecule is CCCC(C)NC1CCC(OC)C1. The molecule has 1 rings (SSSR count). The molecule has 78 valence electrons. The van der Waals surface area contributed by atoms with Crippen molar-refractivity contribution in [2.45, 2.75) is 64.1 Å². The predicted octanol–water partition coefficient (Wildman–Crippen LogP) is 2.33. The lowest BCUT2D eigenvalue weighted by Gasteiger charge is -2.18. The first kappa shape index (κ1) is 11.0. The smallest absolute Gasteiger partial charge is 0.0586 e. The van der Waals surface area contributed by atoms with Gasteiger partial charge in [0.25, 0.3) is 0 Å². The summed E-state index contributed by atoms with van der Waals surface area (Å²) in [5.41, 5.74) is 0. The Balaban J connectivity index is 2.16. The van der Waals surface area contributed by atoms with Crippen LogP contribution in [0.15, 0.2) is 0 Å². The van der Waals surface area contributed by atoms with Crippen molar-refractivity contribution in [2.24, 2.45) is 0 Å². The molecule has 0 aromatic heterocycles. The van der Waals surface area contributed by atoms with Crippen LogP contribution < -0.4 is 5.32 Å². The molecular formula is C11H23NO. The van der Waals surface area contributed by atoms with Gasteiger partial charge in [-0.1, -0.05) is 13.3 Å². The van der Waals surface area contributed by atoms with Crippen molar-refractivity contribution in [1.82, 2.24) is 5.32 Å². The Morgan fingerprint density at radius 2 is 2.23 bits per heavy atom. The molecule has 13 heavy (non-hydrogen) atoms. The van der Waals surface area contributed by atoms with E-state index in [2.05, 4.69) is 19.2 Å². The lowest BCUT2D eigenvalue weighted by Crippen LogP contribution is -2.35. The van der Waals surface area contributed by atoms with Gasteiger partial charge in [-0.25, -0.2) is 0 Å². The zero-order valence-corrected chi connectivity index (χ0v) is 9.18. The predicted molar refractivity (Wildman–Crippen MR) is 55.9 cm³/mol. The van der Waals surface area contributed by atoms with E-state index in [1.165, 1.54) is 32.1 Å². The van der Waals surface area contributed by atoms with Crippen LogP contribution in [0.1, 0.15) is 46.0 Å². The summed E-state index contributed by atoms with van der Waals surface area (Å²) < 4.78 is 5.34. The van der Waals surface area contributed by atoms with Gasteiger partial charge in [0, 0.05) is 19.2 Å². The molecule has 0 aromatic carbocycles. The van der Waals surface area contributed by atoms with Gasteiger partial charge >= 0.3 is 0 Å². The Kier molecular flexibility index (Phi) is 4.74. The molecule has 0 saturated heterocycles. The van der Waals surface area contributed by atoms with Crippen LogP contribution in [0.4, 0.5) is 0 Å². The van der Waals surface area contributed by atoms with Crippen molar-refractivity contribution < 1.29 is 4.74 Å². The fraction of sp³-hybridized carbons (Fsp3) is 1.00. The molecular weight excluding hydrogens is 162 g/mol. The first-order chi connectivity index (χ1) is 6.26. The van der Waals surface area contributed by atoms with Gasteiger partial charge in [-0.3, -0.25) is 0 Å². The van der Waals surface area contributed by atoms with E-state index in [1.807, 2.05) is 7.11 Å². The second kappa shape index (κ2) is 5.61. The summed E-state index contributed by atoms with van der Waals surface area (Å²) in [5, 5.41) is 3.66. The quantitative estimate of drug-likeness (QED) is 0.710. The standard InChI is InChI=1S/C11H23NO/c1-4-5-9(2)12-10-6-7-11(8-10)13-3/h9-12H,4-8H2,1-3H3. The Morgan fingerprint density at radius 3 is 2.77 bits per heavy atom. The second-order valence-electron chi connectivity index (χ2n) is 4.22. The minimum atomic E-state index is 0.506. The van der Waals surface area contributed by atoms with Crippen LogP contribution in [0.25, 0.3) is 0 Å². The van der Waals surface area contributed by atoms with Crippen LogP contribution in [0.5, 0.6) is 0 Å². The summed E-state index contributed by atoms with van der Waals surface area (Å²) in [6, 6.07) is 1.37. The molecule has 0 spiro atoms. The fourth-order valence-corrected chi connectivity index (χ4v) is 2.22. The lowest BCUT2D eigenvalue weighted by molar-refractivity contribution is 0.106. The summed E-state index contributed by atoms with van der Waals surface area (Å²) >= 11 is 0. The molecule has 0 amide bonds. The third-order valence-corrected chi connectivity index (χ3v) is 2.96. The fourth-order valence-electron chi connectivity index (χ4n) is 2.22.